The summed E-state index contributed by atoms with van der Waals surface area (Å²) < 4.78 is 5.81. The molecule has 0 bridgehead atoms. The molecule has 144 valence electrons. The van der Waals surface area contributed by atoms with Gasteiger partial charge in [-0.2, -0.15) is 0 Å². The van der Waals surface area contributed by atoms with Crippen molar-refractivity contribution in [1.29, 1.82) is 0 Å². The predicted molar refractivity (Wildman–Crippen MR) is 110 cm³/mol. The molecule has 0 spiro atoms. The topological polar surface area (TPSA) is 75.6 Å². The van der Waals surface area contributed by atoms with Crippen LogP contribution in [0.2, 0.25) is 0 Å². The molecule has 0 aliphatic carbocycles. The highest BCUT2D eigenvalue weighted by molar-refractivity contribution is 7.17. The molecule has 4 rings (SSSR count). The molecule has 6 nitrogen and oxygen atoms in total. The maximum Gasteiger partial charge on any atom is 0.335 e. The molecule has 1 fully saturated rings. The first kappa shape index (κ1) is 18.6. The van der Waals surface area contributed by atoms with Crippen LogP contribution >= 0.6 is 11.3 Å². The lowest BCUT2D eigenvalue weighted by molar-refractivity contribution is -0.00521. The number of hydrogen-bond acceptors (Lipinski definition) is 6. The van der Waals surface area contributed by atoms with Crippen molar-refractivity contribution in [2.45, 2.75) is 26.1 Å². The molecule has 2 unspecified atom stereocenters. The lowest BCUT2D eigenvalue weighted by Crippen LogP contribution is -2.45. The van der Waals surface area contributed by atoms with Crippen LogP contribution < -0.4 is 4.90 Å². The number of benzene rings is 2. The van der Waals surface area contributed by atoms with Crippen LogP contribution in [0.5, 0.6) is 0 Å². The van der Waals surface area contributed by atoms with Crippen LogP contribution in [-0.4, -0.2) is 46.6 Å². The smallest absolute Gasteiger partial charge is 0.335 e. The number of carboxylic acids is 1. The van der Waals surface area contributed by atoms with Crippen molar-refractivity contribution in [3.8, 4) is 21.1 Å². The summed E-state index contributed by atoms with van der Waals surface area (Å²) in [6.07, 6.45) is 0.448. The standard InChI is InChI=1S/C21H21N3O3S/c1-13-11-24(12-14(2)27-13)18-9-7-16(8-10-18)20-23-22-19(28-20)15-3-5-17(6-4-15)21(25)26/h3-10,13-14H,11-12H2,1-2H3,(H,25,26). The maximum absolute atomic E-state index is 11.0. The normalized spacial score (nSPS) is 19.6. The molecule has 0 radical (unpaired) electrons. The van der Waals surface area contributed by atoms with Crippen molar-refractivity contribution in [1.82, 2.24) is 10.2 Å². The zero-order valence-electron chi connectivity index (χ0n) is 15.7. The van der Waals surface area contributed by atoms with Gasteiger partial charge in [-0.15, -0.1) is 10.2 Å². The summed E-state index contributed by atoms with van der Waals surface area (Å²) in [5.41, 5.74) is 3.32. The van der Waals surface area contributed by atoms with E-state index in [1.165, 1.54) is 17.0 Å². The predicted octanol–water partition coefficient (Wildman–Crippen LogP) is 4.18. The molecule has 0 amide bonds. The number of carboxylic acid groups (broad SMARTS) is 1. The van der Waals surface area contributed by atoms with Crippen molar-refractivity contribution >= 4 is 23.0 Å². The van der Waals surface area contributed by atoms with E-state index in [4.69, 9.17) is 9.84 Å². The number of nitrogens with zero attached hydrogens (tertiary/aromatic N) is 3. The third-order valence-corrected chi connectivity index (χ3v) is 5.72. The van der Waals surface area contributed by atoms with Gasteiger partial charge in [0.15, 0.2) is 0 Å². The van der Waals surface area contributed by atoms with E-state index >= 15 is 0 Å². The number of carbonyl (C=O) groups is 1. The molecule has 1 aliphatic rings. The quantitative estimate of drug-likeness (QED) is 0.714. The lowest BCUT2D eigenvalue weighted by atomic mass is 10.1. The van der Waals surface area contributed by atoms with Crippen LogP contribution in [0.3, 0.4) is 0 Å². The van der Waals surface area contributed by atoms with E-state index in [1.54, 1.807) is 24.3 Å². The summed E-state index contributed by atoms with van der Waals surface area (Å²) in [5.74, 6) is -0.936. The van der Waals surface area contributed by atoms with Crippen LogP contribution in [0.1, 0.15) is 24.2 Å². The van der Waals surface area contributed by atoms with Gasteiger partial charge >= 0.3 is 5.97 Å². The highest BCUT2D eigenvalue weighted by Gasteiger charge is 2.22. The van der Waals surface area contributed by atoms with E-state index in [2.05, 4.69) is 53.2 Å². The van der Waals surface area contributed by atoms with Crippen molar-refractivity contribution in [3.05, 3.63) is 54.1 Å². The molecule has 1 aliphatic heterocycles. The van der Waals surface area contributed by atoms with Gasteiger partial charge in [-0.1, -0.05) is 23.5 Å². The largest absolute Gasteiger partial charge is 0.478 e. The van der Waals surface area contributed by atoms with E-state index in [1.807, 2.05) is 0 Å². The molecule has 2 atom stereocenters. The Morgan fingerprint density at radius 2 is 1.46 bits per heavy atom. The fourth-order valence-corrected chi connectivity index (χ4v) is 4.27. The molecule has 1 saturated heterocycles. The Morgan fingerprint density at radius 1 is 0.964 bits per heavy atom. The summed E-state index contributed by atoms with van der Waals surface area (Å²) >= 11 is 1.49. The van der Waals surface area contributed by atoms with E-state index < -0.39 is 5.97 Å². The van der Waals surface area contributed by atoms with Gasteiger partial charge in [0, 0.05) is 29.9 Å². The van der Waals surface area contributed by atoms with E-state index in [-0.39, 0.29) is 17.8 Å². The second-order valence-corrected chi connectivity index (χ2v) is 7.98. The average molecular weight is 395 g/mol. The van der Waals surface area contributed by atoms with Crippen LogP contribution in [0.4, 0.5) is 5.69 Å². The van der Waals surface area contributed by atoms with Gasteiger partial charge in [-0.3, -0.25) is 0 Å². The van der Waals surface area contributed by atoms with Crippen LogP contribution in [0.15, 0.2) is 48.5 Å². The van der Waals surface area contributed by atoms with E-state index in [9.17, 15) is 4.79 Å². The van der Waals surface area contributed by atoms with Crippen molar-refractivity contribution in [2.75, 3.05) is 18.0 Å². The van der Waals surface area contributed by atoms with Gasteiger partial charge in [0.05, 0.1) is 17.8 Å². The summed E-state index contributed by atoms with van der Waals surface area (Å²) in [5, 5.41) is 19.2. The molecule has 1 aromatic heterocycles. The molecule has 2 aromatic carbocycles. The Bertz CT molecular complexity index is 959. The number of ether oxygens (including phenoxy) is 1. The number of anilines is 1. The number of aromatic carboxylic acids is 1. The molecule has 2 heterocycles. The number of aromatic nitrogens is 2. The monoisotopic (exact) mass is 395 g/mol. The Kier molecular flexibility index (Phi) is 5.11. The highest BCUT2D eigenvalue weighted by atomic mass is 32.1. The fraction of sp³-hybridized carbons (Fsp3) is 0.286. The fourth-order valence-electron chi connectivity index (χ4n) is 3.42. The summed E-state index contributed by atoms with van der Waals surface area (Å²) in [6, 6.07) is 15.0. The summed E-state index contributed by atoms with van der Waals surface area (Å²) in [4.78, 5) is 13.3. The van der Waals surface area contributed by atoms with Crippen molar-refractivity contribution in [2.24, 2.45) is 0 Å². The average Bonchev–Trinajstić information content (AvgIpc) is 3.18. The first-order valence-electron chi connectivity index (χ1n) is 9.17. The van der Waals surface area contributed by atoms with Gasteiger partial charge < -0.3 is 14.7 Å². The second-order valence-electron chi connectivity index (χ2n) is 7.00. The molecule has 3 aromatic rings. The van der Waals surface area contributed by atoms with Crippen LogP contribution in [0.25, 0.3) is 21.1 Å². The van der Waals surface area contributed by atoms with E-state index in [0.29, 0.717) is 0 Å². The lowest BCUT2D eigenvalue weighted by Gasteiger charge is -2.36. The zero-order valence-corrected chi connectivity index (χ0v) is 16.5. The molecule has 28 heavy (non-hydrogen) atoms. The minimum absolute atomic E-state index is 0.224. The molecular weight excluding hydrogens is 374 g/mol. The Balaban J connectivity index is 1.51. The third kappa shape index (κ3) is 3.90. The minimum atomic E-state index is -0.936. The van der Waals surface area contributed by atoms with Gasteiger partial charge in [0.25, 0.3) is 0 Å². The van der Waals surface area contributed by atoms with E-state index in [0.717, 1.165) is 34.2 Å². The maximum atomic E-state index is 11.0. The Labute approximate surface area is 167 Å². The zero-order chi connectivity index (χ0) is 19.7. The van der Waals surface area contributed by atoms with Gasteiger partial charge in [-0.05, 0) is 50.2 Å². The van der Waals surface area contributed by atoms with Crippen molar-refractivity contribution < 1.29 is 14.6 Å². The van der Waals surface area contributed by atoms with Gasteiger partial charge in [-0.25, -0.2) is 4.79 Å². The Morgan fingerprint density at radius 3 is 1.96 bits per heavy atom. The van der Waals surface area contributed by atoms with Gasteiger partial charge in [0.2, 0.25) is 0 Å². The Hall–Kier alpha value is -2.77. The minimum Gasteiger partial charge on any atom is -0.478 e. The number of morpholine rings is 1. The first-order chi connectivity index (χ1) is 13.5. The van der Waals surface area contributed by atoms with Crippen molar-refractivity contribution in [3.63, 3.8) is 0 Å². The second kappa shape index (κ2) is 7.69. The van der Waals surface area contributed by atoms with Crippen LogP contribution in [-0.2, 0) is 4.74 Å². The first-order valence-corrected chi connectivity index (χ1v) is 9.99. The number of hydrogen-bond donors (Lipinski definition) is 1. The molecule has 1 N–H and O–H groups in total. The third-order valence-electron chi connectivity index (χ3n) is 4.70. The molecule has 7 heteroatoms. The summed E-state index contributed by atoms with van der Waals surface area (Å²) in [7, 11) is 0. The number of rotatable bonds is 4. The van der Waals surface area contributed by atoms with Crippen LogP contribution in [0, 0.1) is 0 Å². The molecule has 0 saturated carbocycles. The SMILES string of the molecule is CC1CN(c2ccc(-c3nnc(-c4ccc(C(=O)O)cc4)s3)cc2)CC(C)O1. The highest BCUT2D eigenvalue weighted by Crippen LogP contribution is 2.31. The summed E-state index contributed by atoms with van der Waals surface area (Å²) in [6.45, 7) is 5.98. The molecular formula is C21H21N3O3S. The van der Waals surface area contributed by atoms with Gasteiger partial charge in [0.1, 0.15) is 10.0 Å².